The quantitative estimate of drug-likeness (QED) is 0.719. The van der Waals surface area contributed by atoms with Gasteiger partial charge in [0, 0.05) is 42.6 Å². The SMILES string of the molecule is O=C(CC1CCCC1)N1CCN(Cc2nnc(-c3cccc(Br)c3)o2)CC1. The number of rotatable bonds is 5. The van der Waals surface area contributed by atoms with E-state index in [2.05, 4.69) is 31.0 Å². The third-order valence-corrected chi connectivity index (χ3v) is 6.05. The van der Waals surface area contributed by atoms with E-state index in [-0.39, 0.29) is 0 Å². The largest absolute Gasteiger partial charge is 0.419 e. The Morgan fingerprint density at radius 1 is 1.15 bits per heavy atom. The summed E-state index contributed by atoms with van der Waals surface area (Å²) in [4.78, 5) is 16.8. The van der Waals surface area contributed by atoms with Gasteiger partial charge in [0.05, 0.1) is 6.54 Å². The van der Waals surface area contributed by atoms with Crippen LogP contribution < -0.4 is 0 Å². The molecule has 144 valence electrons. The third kappa shape index (κ3) is 4.76. The van der Waals surface area contributed by atoms with E-state index in [1.165, 1.54) is 25.7 Å². The van der Waals surface area contributed by atoms with Gasteiger partial charge in [0.25, 0.3) is 0 Å². The first kappa shape index (κ1) is 18.6. The first-order chi connectivity index (χ1) is 13.2. The van der Waals surface area contributed by atoms with Crippen molar-refractivity contribution in [1.82, 2.24) is 20.0 Å². The van der Waals surface area contributed by atoms with E-state index in [4.69, 9.17) is 4.42 Å². The smallest absolute Gasteiger partial charge is 0.247 e. The Morgan fingerprint density at radius 3 is 2.67 bits per heavy atom. The van der Waals surface area contributed by atoms with Crippen LogP contribution >= 0.6 is 15.9 Å². The molecule has 0 radical (unpaired) electrons. The lowest BCUT2D eigenvalue weighted by molar-refractivity contribution is -0.134. The summed E-state index contributed by atoms with van der Waals surface area (Å²) in [5.74, 6) is 2.11. The first-order valence-corrected chi connectivity index (χ1v) is 10.5. The van der Waals surface area contributed by atoms with Gasteiger partial charge in [-0.15, -0.1) is 10.2 Å². The number of aromatic nitrogens is 2. The minimum Gasteiger partial charge on any atom is -0.419 e. The van der Waals surface area contributed by atoms with Crippen molar-refractivity contribution in [3.63, 3.8) is 0 Å². The number of carbonyl (C=O) groups excluding carboxylic acids is 1. The molecule has 2 aromatic rings. The molecule has 1 aromatic heterocycles. The maximum absolute atomic E-state index is 12.5. The van der Waals surface area contributed by atoms with Crippen LogP contribution in [-0.4, -0.2) is 52.1 Å². The molecule has 0 N–H and O–H groups in total. The number of carbonyl (C=O) groups is 1. The summed E-state index contributed by atoms with van der Waals surface area (Å²) in [6.45, 7) is 3.91. The molecule has 27 heavy (non-hydrogen) atoms. The summed E-state index contributed by atoms with van der Waals surface area (Å²) in [7, 11) is 0. The van der Waals surface area contributed by atoms with Crippen molar-refractivity contribution in [1.29, 1.82) is 0 Å². The van der Waals surface area contributed by atoms with Crippen LogP contribution in [-0.2, 0) is 11.3 Å². The average Bonchev–Trinajstić information content (AvgIpc) is 3.34. The number of amides is 1. The van der Waals surface area contributed by atoms with Crippen LogP contribution in [0.3, 0.4) is 0 Å². The topological polar surface area (TPSA) is 62.5 Å². The number of benzene rings is 1. The Kier molecular flexibility index (Phi) is 5.88. The lowest BCUT2D eigenvalue weighted by Gasteiger charge is -2.34. The third-order valence-electron chi connectivity index (χ3n) is 5.56. The van der Waals surface area contributed by atoms with E-state index in [1.807, 2.05) is 29.2 Å². The van der Waals surface area contributed by atoms with Gasteiger partial charge < -0.3 is 9.32 Å². The normalized spacial score (nSPS) is 18.9. The molecule has 2 fully saturated rings. The Bertz CT molecular complexity index is 780. The van der Waals surface area contributed by atoms with Gasteiger partial charge in [-0.1, -0.05) is 34.8 Å². The molecule has 2 aliphatic rings. The second-order valence-corrected chi connectivity index (χ2v) is 8.44. The van der Waals surface area contributed by atoms with E-state index in [0.29, 0.717) is 30.2 Å². The Hall–Kier alpha value is -1.73. The second kappa shape index (κ2) is 8.52. The Balaban J connectivity index is 1.27. The highest BCUT2D eigenvalue weighted by Gasteiger charge is 2.25. The van der Waals surface area contributed by atoms with Crippen LogP contribution in [0.1, 0.15) is 38.0 Å². The van der Waals surface area contributed by atoms with E-state index in [1.54, 1.807) is 0 Å². The van der Waals surface area contributed by atoms with Gasteiger partial charge in [0.2, 0.25) is 17.7 Å². The van der Waals surface area contributed by atoms with Crippen molar-refractivity contribution < 1.29 is 9.21 Å². The molecule has 1 aliphatic heterocycles. The van der Waals surface area contributed by atoms with E-state index >= 15 is 0 Å². The number of halogens is 1. The fourth-order valence-corrected chi connectivity index (χ4v) is 4.39. The molecule has 2 heterocycles. The summed E-state index contributed by atoms with van der Waals surface area (Å²) in [5, 5.41) is 8.35. The monoisotopic (exact) mass is 432 g/mol. The Labute approximate surface area is 168 Å². The minimum absolute atomic E-state index is 0.330. The van der Waals surface area contributed by atoms with Crippen molar-refractivity contribution in [2.75, 3.05) is 26.2 Å². The van der Waals surface area contributed by atoms with E-state index in [9.17, 15) is 4.79 Å². The molecule has 0 unspecified atom stereocenters. The second-order valence-electron chi connectivity index (χ2n) is 7.52. The van der Waals surface area contributed by atoms with Gasteiger partial charge in [0.15, 0.2) is 0 Å². The van der Waals surface area contributed by atoms with Crippen molar-refractivity contribution in [2.45, 2.75) is 38.6 Å². The summed E-state index contributed by atoms with van der Waals surface area (Å²) in [5.41, 5.74) is 0.908. The van der Waals surface area contributed by atoms with Gasteiger partial charge >= 0.3 is 0 Å². The van der Waals surface area contributed by atoms with Gasteiger partial charge in [0.1, 0.15) is 0 Å². The summed E-state index contributed by atoms with van der Waals surface area (Å²) in [6, 6.07) is 7.84. The predicted molar refractivity (Wildman–Crippen MR) is 106 cm³/mol. The molecule has 1 aliphatic carbocycles. The number of piperazine rings is 1. The van der Waals surface area contributed by atoms with Crippen LogP contribution in [0.15, 0.2) is 33.2 Å². The fourth-order valence-electron chi connectivity index (χ4n) is 3.99. The fraction of sp³-hybridized carbons (Fsp3) is 0.550. The van der Waals surface area contributed by atoms with Gasteiger partial charge in [-0.05, 0) is 37.0 Å². The maximum atomic E-state index is 12.5. The first-order valence-electron chi connectivity index (χ1n) is 9.76. The molecule has 1 saturated heterocycles. The summed E-state index contributed by atoms with van der Waals surface area (Å²) < 4.78 is 6.81. The number of nitrogens with zero attached hydrogens (tertiary/aromatic N) is 4. The zero-order chi connectivity index (χ0) is 18.6. The number of hydrogen-bond donors (Lipinski definition) is 0. The van der Waals surface area contributed by atoms with Crippen molar-refractivity contribution in [3.05, 3.63) is 34.6 Å². The standard InChI is InChI=1S/C20H25BrN4O2/c21-17-7-3-6-16(13-17)20-23-22-18(27-20)14-24-8-10-25(11-9-24)19(26)12-15-4-1-2-5-15/h3,6-7,13,15H,1-2,4-5,8-12,14H2. The molecule has 1 saturated carbocycles. The van der Waals surface area contributed by atoms with Crippen LogP contribution in [0, 0.1) is 5.92 Å². The molecule has 7 heteroatoms. The molecule has 0 atom stereocenters. The molecular weight excluding hydrogens is 408 g/mol. The zero-order valence-corrected chi connectivity index (χ0v) is 17.0. The van der Waals surface area contributed by atoms with Gasteiger partial charge in [-0.25, -0.2) is 0 Å². The van der Waals surface area contributed by atoms with Crippen molar-refractivity contribution >= 4 is 21.8 Å². The lowest BCUT2D eigenvalue weighted by atomic mass is 10.0. The summed E-state index contributed by atoms with van der Waals surface area (Å²) in [6.07, 6.45) is 5.77. The van der Waals surface area contributed by atoms with Crippen molar-refractivity contribution in [3.8, 4) is 11.5 Å². The molecular formula is C20H25BrN4O2. The highest BCUT2D eigenvalue weighted by Crippen LogP contribution is 2.28. The minimum atomic E-state index is 0.330. The Morgan fingerprint density at radius 2 is 1.93 bits per heavy atom. The molecule has 4 rings (SSSR count). The molecule has 1 aromatic carbocycles. The maximum Gasteiger partial charge on any atom is 0.247 e. The van der Waals surface area contributed by atoms with Crippen LogP contribution in [0.2, 0.25) is 0 Å². The van der Waals surface area contributed by atoms with Crippen LogP contribution in [0.25, 0.3) is 11.5 Å². The number of hydrogen-bond acceptors (Lipinski definition) is 5. The van der Waals surface area contributed by atoms with Crippen LogP contribution in [0.4, 0.5) is 0 Å². The summed E-state index contributed by atoms with van der Waals surface area (Å²) >= 11 is 3.46. The highest BCUT2D eigenvalue weighted by atomic mass is 79.9. The van der Waals surface area contributed by atoms with Gasteiger partial charge in [-0.3, -0.25) is 9.69 Å². The molecule has 0 spiro atoms. The van der Waals surface area contributed by atoms with Gasteiger partial charge in [-0.2, -0.15) is 0 Å². The van der Waals surface area contributed by atoms with Crippen LogP contribution in [0.5, 0.6) is 0 Å². The van der Waals surface area contributed by atoms with E-state index < -0.39 is 0 Å². The predicted octanol–water partition coefficient (Wildman–Crippen LogP) is 3.72. The highest BCUT2D eigenvalue weighted by molar-refractivity contribution is 9.10. The van der Waals surface area contributed by atoms with Crippen molar-refractivity contribution in [2.24, 2.45) is 5.92 Å². The average molecular weight is 433 g/mol. The molecule has 6 nitrogen and oxygen atoms in total. The van der Waals surface area contributed by atoms with E-state index in [0.717, 1.165) is 42.6 Å². The molecule has 0 bridgehead atoms. The molecule has 1 amide bonds. The zero-order valence-electron chi connectivity index (χ0n) is 15.4. The lowest BCUT2D eigenvalue weighted by Crippen LogP contribution is -2.48.